The quantitative estimate of drug-likeness (QED) is 0.673. The van der Waals surface area contributed by atoms with Crippen LogP contribution in [0.1, 0.15) is 47.5 Å². The third-order valence-electron chi connectivity index (χ3n) is 2.91. The van der Waals surface area contributed by atoms with Crippen molar-refractivity contribution in [2.45, 2.75) is 53.5 Å². The molecular formula is C16H26N2O3. The van der Waals surface area contributed by atoms with E-state index < -0.39 is 5.91 Å². The Balaban J connectivity index is 4.24. The number of nitrogens with one attached hydrogen (secondary N) is 2. The van der Waals surface area contributed by atoms with Crippen molar-refractivity contribution in [2.24, 2.45) is 5.92 Å². The van der Waals surface area contributed by atoms with Crippen molar-refractivity contribution in [3.05, 3.63) is 23.9 Å². The number of carbonyl (C=O) groups excluding carboxylic acids is 3. The summed E-state index contributed by atoms with van der Waals surface area (Å²) in [7, 11) is 0. The molecule has 1 unspecified atom stereocenters. The molecule has 0 aromatic heterocycles. The highest BCUT2D eigenvalue weighted by atomic mass is 16.2. The lowest BCUT2D eigenvalue weighted by molar-refractivity contribution is -0.122. The summed E-state index contributed by atoms with van der Waals surface area (Å²) in [5.74, 6) is -0.604. The van der Waals surface area contributed by atoms with Crippen molar-refractivity contribution in [1.82, 2.24) is 10.6 Å². The fourth-order valence-electron chi connectivity index (χ4n) is 1.58. The summed E-state index contributed by atoms with van der Waals surface area (Å²) < 4.78 is 0. The zero-order valence-electron chi connectivity index (χ0n) is 13.6. The Labute approximate surface area is 126 Å². The molecule has 118 valence electrons. The zero-order valence-corrected chi connectivity index (χ0v) is 13.6. The van der Waals surface area contributed by atoms with Crippen molar-refractivity contribution < 1.29 is 14.4 Å². The highest BCUT2D eigenvalue weighted by Gasteiger charge is 2.12. The van der Waals surface area contributed by atoms with E-state index in [2.05, 4.69) is 17.2 Å². The Morgan fingerprint density at radius 3 is 2.19 bits per heavy atom. The van der Waals surface area contributed by atoms with Gasteiger partial charge in [0.1, 0.15) is 0 Å². The number of rotatable bonds is 8. The van der Waals surface area contributed by atoms with Crippen molar-refractivity contribution in [1.29, 1.82) is 0 Å². The SMILES string of the molecule is C=C(NC(C)=O)C(=O)NC(C)CC/C(C)=C/C(=O)C(C)C. The normalized spacial score (nSPS) is 12.8. The third-order valence-corrected chi connectivity index (χ3v) is 2.91. The molecule has 0 saturated carbocycles. The minimum Gasteiger partial charge on any atom is -0.348 e. The fourth-order valence-corrected chi connectivity index (χ4v) is 1.58. The second-order valence-electron chi connectivity index (χ2n) is 5.62. The Kier molecular flexibility index (Phi) is 8.28. The molecule has 0 rings (SSSR count). The van der Waals surface area contributed by atoms with Gasteiger partial charge in [0.05, 0.1) is 5.70 Å². The van der Waals surface area contributed by atoms with Crippen LogP contribution in [0.5, 0.6) is 0 Å². The highest BCUT2D eigenvalue weighted by Crippen LogP contribution is 2.09. The molecule has 2 amide bonds. The molecule has 0 aliphatic carbocycles. The molecule has 5 heteroatoms. The van der Waals surface area contributed by atoms with E-state index in [4.69, 9.17) is 0 Å². The first-order valence-electron chi connectivity index (χ1n) is 7.11. The van der Waals surface area contributed by atoms with E-state index in [0.29, 0.717) is 6.42 Å². The Morgan fingerprint density at radius 2 is 1.71 bits per heavy atom. The van der Waals surface area contributed by atoms with Crippen LogP contribution in [0.4, 0.5) is 0 Å². The number of hydrogen-bond acceptors (Lipinski definition) is 3. The van der Waals surface area contributed by atoms with Gasteiger partial charge in [-0.05, 0) is 32.8 Å². The molecule has 0 heterocycles. The number of hydrogen-bond donors (Lipinski definition) is 2. The summed E-state index contributed by atoms with van der Waals surface area (Å²) in [6.45, 7) is 12.3. The predicted octanol–water partition coefficient (Wildman–Crippen LogP) is 2.09. The van der Waals surface area contributed by atoms with Gasteiger partial charge in [0, 0.05) is 18.9 Å². The first-order chi connectivity index (χ1) is 9.63. The van der Waals surface area contributed by atoms with Crippen LogP contribution >= 0.6 is 0 Å². The molecule has 0 saturated heterocycles. The van der Waals surface area contributed by atoms with E-state index in [1.807, 2.05) is 27.7 Å². The van der Waals surface area contributed by atoms with Crippen LogP contribution < -0.4 is 10.6 Å². The average Bonchev–Trinajstić information content (AvgIpc) is 2.35. The second kappa shape index (κ2) is 9.10. The number of allylic oxidation sites excluding steroid dienone is 2. The Hall–Kier alpha value is -1.91. The molecule has 2 N–H and O–H groups in total. The van der Waals surface area contributed by atoms with Gasteiger partial charge in [-0.15, -0.1) is 0 Å². The predicted molar refractivity (Wildman–Crippen MR) is 83.4 cm³/mol. The van der Waals surface area contributed by atoms with Gasteiger partial charge in [-0.2, -0.15) is 0 Å². The standard InChI is InChI=1S/C16H26N2O3/c1-10(2)15(20)9-11(3)7-8-12(4)17-16(21)13(5)18-14(6)19/h9-10,12H,5,7-8H2,1-4,6H3,(H,17,21)(H,18,19)/b11-9+. The van der Waals surface area contributed by atoms with Crippen LogP contribution in [-0.4, -0.2) is 23.6 Å². The summed E-state index contributed by atoms with van der Waals surface area (Å²) in [6.07, 6.45) is 3.11. The highest BCUT2D eigenvalue weighted by molar-refractivity contribution is 5.96. The molecule has 0 aromatic rings. The van der Waals surface area contributed by atoms with E-state index >= 15 is 0 Å². The maximum absolute atomic E-state index is 11.7. The molecule has 0 fully saturated rings. The number of ketones is 1. The second-order valence-corrected chi connectivity index (χ2v) is 5.62. The van der Waals surface area contributed by atoms with Gasteiger partial charge in [-0.25, -0.2) is 0 Å². The molecule has 0 aliphatic heterocycles. The first kappa shape index (κ1) is 19.1. The van der Waals surface area contributed by atoms with Crippen LogP contribution in [0, 0.1) is 5.92 Å². The molecule has 0 radical (unpaired) electrons. The van der Waals surface area contributed by atoms with Crippen molar-refractivity contribution in [3.8, 4) is 0 Å². The van der Waals surface area contributed by atoms with Crippen LogP contribution in [0.25, 0.3) is 0 Å². The molecule has 21 heavy (non-hydrogen) atoms. The molecule has 0 spiro atoms. The largest absolute Gasteiger partial charge is 0.348 e. The van der Waals surface area contributed by atoms with Crippen LogP contribution in [0.3, 0.4) is 0 Å². The summed E-state index contributed by atoms with van der Waals surface area (Å²) in [5, 5.41) is 5.10. The van der Waals surface area contributed by atoms with Gasteiger partial charge in [0.15, 0.2) is 5.78 Å². The van der Waals surface area contributed by atoms with E-state index in [1.165, 1.54) is 6.92 Å². The van der Waals surface area contributed by atoms with Gasteiger partial charge in [-0.3, -0.25) is 14.4 Å². The van der Waals surface area contributed by atoms with Crippen LogP contribution in [0.2, 0.25) is 0 Å². The van der Waals surface area contributed by atoms with E-state index in [1.54, 1.807) is 6.08 Å². The molecule has 0 aliphatic rings. The first-order valence-corrected chi connectivity index (χ1v) is 7.11. The lowest BCUT2D eigenvalue weighted by Crippen LogP contribution is -2.38. The zero-order chi connectivity index (χ0) is 16.6. The van der Waals surface area contributed by atoms with Crippen molar-refractivity contribution in [2.75, 3.05) is 0 Å². The molecule has 5 nitrogen and oxygen atoms in total. The van der Waals surface area contributed by atoms with Gasteiger partial charge >= 0.3 is 0 Å². The maximum atomic E-state index is 11.7. The number of carbonyl (C=O) groups is 3. The minimum atomic E-state index is -0.391. The molecular weight excluding hydrogens is 268 g/mol. The number of amides is 2. The smallest absolute Gasteiger partial charge is 0.267 e. The average molecular weight is 294 g/mol. The Morgan fingerprint density at radius 1 is 1.14 bits per heavy atom. The fraction of sp³-hybridized carbons (Fsp3) is 0.562. The lowest BCUT2D eigenvalue weighted by atomic mass is 10.0. The monoisotopic (exact) mass is 294 g/mol. The summed E-state index contributed by atoms with van der Waals surface area (Å²) in [5.41, 5.74) is 1.03. The van der Waals surface area contributed by atoms with E-state index in [0.717, 1.165) is 12.0 Å². The van der Waals surface area contributed by atoms with E-state index in [9.17, 15) is 14.4 Å². The topological polar surface area (TPSA) is 75.3 Å². The summed E-state index contributed by atoms with van der Waals surface area (Å²) in [4.78, 5) is 34.1. The van der Waals surface area contributed by atoms with Crippen molar-refractivity contribution >= 4 is 17.6 Å². The van der Waals surface area contributed by atoms with Crippen molar-refractivity contribution in [3.63, 3.8) is 0 Å². The summed E-state index contributed by atoms with van der Waals surface area (Å²) in [6, 6.07) is -0.0690. The molecule has 0 bridgehead atoms. The Bertz CT molecular complexity index is 450. The molecule has 1 atom stereocenters. The maximum Gasteiger partial charge on any atom is 0.267 e. The third kappa shape index (κ3) is 8.78. The van der Waals surface area contributed by atoms with Crippen LogP contribution in [0.15, 0.2) is 23.9 Å². The van der Waals surface area contributed by atoms with Gasteiger partial charge in [0.25, 0.3) is 5.91 Å². The lowest BCUT2D eigenvalue weighted by Gasteiger charge is -2.15. The molecule has 0 aromatic carbocycles. The van der Waals surface area contributed by atoms with Gasteiger partial charge in [-0.1, -0.05) is 26.0 Å². The summed E-state index contributed by atoms with van der Waals surface area (Å²) >= 11 is 0. The minimum absolute atomic E-state index is 0.00180. The van der Waals surface area contributed by atoms with E-state index in [-0.39, 0.29) is 29.3 Å². The van der Waals surface area contributed by atoms with Crippen LogP contribution in [-0.2, 0) is 14.4 Å². The van der Waals surface area contributed by atoms with Gasteiger partial charge < -0.3 is 10.6 Å². The van der Waals surface area contributed by atoms with Gasteiger partial charge in [0.2, 0.25) is 5.91 Å².